The van der Waals surface area contributed by atoms with E-state index in [0.29, 0.717) is 12.2 Å². The van der Waals surface area contributed by atoms with Crippen LogP contribution in [0, 0.1) is 5.92 Å². The first-order valence-corrected chi connectivity index (χ1v) is 6.55. The highest BCUT2D eigenvalue weighted by Gasteiger charge is 1.94. The predicted molar refractivity (Wildman–Crippen MR) is 70.3 cm³/mol. The van der Waals surface area contributed by atoms with Crippen LogP contribution < -0.4 is 0 Å². The Morgan fingerprint density at radius 2 is 1.27 bits per heavy atom. The van der Waals surface area contributed by atoms with Crippen molar-refractivity contribution in [1.29, 1.82) is 0 Å². The molecule has 1 heteroatoms. The van der Waals surface area contributed by atoms with Crippen LogP contribution in [-0.2, 0) is 4.74 Å². The Morgan fingerprint density at radius 3 is 1.47 bits per heavy atom. The average molecular weight is 216 g/mol. The van der Waals surface area contributed by atoms with E-state index >= 15 is 0 Å². The fourth-order valence-corrected chi connectivity index (χ4v) is 1.35. The molecule has 0 unspecified atom stereocenters. The predicted octanol–water partition coefficient (Wildman–Crippen LogP) is 5.04. The maximum atomic E-state index is 5.25. The van der Waals surface area contributed by atoms with Crippen molar-refractivity contribution in [2.24, 2.45) is 5.92 Å². The highest BCUT2D eigenvalue weighted by molar-refractivity contribution is 4.44. The molecule has 0 aromatic rings. The van der Waals surface area contributed by atoms with Crippen molar-refractivity contribution in [2.45, 2.75) is 86.4 Å². The molecule has 0 saturated heterocycles. The zero-order valence-corrected chi connectivity index (χ0v) is 12.0. The van der Waals surface area contributed by atoms with Crippen LogP contribution in [0.15, 0.2) is 0 Å². The first-order valence-electron chi connectivity index (χ1n) is 6.55. The molecule has 15 heavy (non-hydrogen) atoms. The van der Waals surface area contributed by atoms with E-state index in [9.17, 15) is 0 Å². The molecule has 0 heterocycles. The zero-order chi connectivity index (χ0) is 12.3. The summed E-state index contributed by atoms with van der Waals surface area (Å²) < 4.78 is 5.25. The van der Waals surface area contributed by atoms with Gasteiger partial charge in [-0.05, 0) is 33.6 Å². The zero-order valence-electron chi connectivity index (χ0n) is 12.0. The van der Waals surface area contributed by atoms with E-state index in [-0.39, 0.29) is 0 Å². The molecular formula is C14H32O. The maximum Gasteiger partial charge on any atom is 0.0522 e. The van der Waals surface area contributed by atoms with Gasteiger partial charge in [0.2, 0.25) is 0 Å². The third-order valence-electron chi connectivity index (χ3n) is 1.93. The summed E-state index contributed by atoms with van der Waals surface area (Å²) in [5, 5.41) is 0. The molecule has 0 bridgehead atoms. The van der Waals surface area contributed by atoms with E-state index in [2.05, 4.69) is 20.8 Å². The Hall–Kier alpha value is -0.0400. The van der Waals surface area contributed by atoms with Crippen molar-refractivity contribution in [3.05, 3.63) is 0 Å². The van der Waals surface area contributed by atoms with Crippen molar-refractivity contribution in [1.82, 2.24) is 0 Å². The van der Waals surface area contributed by atoms with E-state index < -0.39 is 0 Å². The second kappa shape index (κ2) is 12.0. The lowest BCUT2D eigenvalue weighted by Crippen LogP contribution is -2.09. The third-order valence-corrected chi connectivity index (χ3v) is 1.93. The second-order valence-corrected chi connectivity index (χ2v) is 5.12. The van der Waals surface area contributed by atoms with Gasteiger partial charge in [-0.25, -0.2) is 0 Å². The quantitative estimate of drug-likeness (QED) is 0.565. The van der Waals surface area contributed by atoms with Gasteiger partial charge in [0.05, 0.1) is 12.2 Å². The van der Waals surface area contributed by atoms with Gasteiger partial charge in [-0.1, -0.05) is 46.5 Å². The molecule has 0 aromatic heterocycles. The van der Waals surface area contributed by atoms with Crippen LogP contribution in [-0.4, -0.2) is 12.2 Å². The minimum atomic E-state index is 0.375. The van der Waals surface area contributed by atoms with E-state index in [0.717, 1.165) is 5.92 Å². The molecule has 0 aliphatic carbocycles. The summed E-state index contributed by atoms with van der Waals surface area (Å²) in [5.74, 6) is 0.904. The van der Waals surface area contributed by atoms with Crippen LogP contribution in [0.5, 0.6) is 0 Å². The monoisotopic (exact) mass is 216 g/mol. The summed E-state index contributed by atoms with van der Waals surface area (Å²) in [6.45, 7) is 15.0. The Bertz CT molecular complexity index is 99.9. The molecule has 0 aliphatic rings. The highest BCUT2D eigenvalue weighted by Crippen LogP contribution is 2.06. The average Bonchev–Trinajstić information content (AvgIpc) is 2.02. The Labute approximate surface area is 97.6 Å². The molecule has 0 saturated carbocycles. The number of unbranched alkanes of at least 4 members (excludes halogenated alkanes) is 2. The maximum absolute atomic E-state index is 5.25. The lowest BCUT2D eigenvalue weighted by Gasteiger charge is -2.09. The second-order valence-electron chi connectivity index (χ2n) is 5.12. The van der Waals surface area contributed by atoms with Gasteiger partial charge in [0.15, 0.2) is 0 Å². The standard InChI is InChI=1S/C8H18.C6H14O/c1-4-5-6-7-8(2)3;1-5(2)7-6(3)4/h8H,4-7H2,1-3H3;5-6H,1-4H3. The van der Waals surface area contributed by atoms with Gasteiger partial charge < -0.3 is 4.74 Å². The summed E-state index contributed by atoms with van der Waals surface area (Å²) in [5.41, 5.74) is 0. The SMILES string of the molecule is CC(C)OC(C)C.CCCCCC(C)C. The minimum absolute atomic E-state index is 0.375. The lowest BCUT2D eigenvalue weighted by molar-refractivity contribution is 0.0300. The fourth-order valence-electron chi connectivity index (χ4n) is 1.35. The molecule has 0 fully saturated rings. The largest absolute Gasteiger partial charge is 0.376 e. The van der Waals surface area contributed by atoms with Crippen LogP contribution in [0.4, 0.5) is 0 Å². The molecule has 0 rings (SSSR count). The number of hydrogen-bond acceptors (Lipinski definition) is 1. The number of rotatable bonds is 6. The van der Waals surface area contributed by atoms with Gasteiger partial charge in [-0.15, -0.1) is 0 Å². The molecular weight excluding hydrogens is 184 g/mol. The van der Waals surface area contributed by atoms with Crippen LogP contribution >= 0.6 is 0 Å². The van der Waals surface area contributed by atoms with Crippen molar-refractivity contribution in [3.8, 4) is 0 Å². The van der Waals surface area contributed by atoms with Crippen LogP contribution in [0.25, 0.3) is 0 Å². The van der Waals surface area contributed by atoms with Gasteiger partial charge >= 0.3 is 0 Å². The summed E-state index contributed by atoms with van der Waals surface area (Å²) in [6.07, 6.45) is 6.35. The normalized spacial score (nSPS) is 10.8. The molecule has 1 nitrogen and oxygen atoms in total. The smallest absolute Gasteiger partial charge is 0.0522 e. The first kappa shape index (κ1) is 17.4. The molecule has 94 valence electrons. The van der Waals surface area contributed by atoms with Crippen LogP contribution in [0.1, 0.15) is 74.1 Å². The Kier molecular flexibility index (Phi) is 13.9. The van der Waals surface area contributed by atoms with Gasteiger partial charge in [0.1, 0.15) is 0 Å². The van der Waals surface area contributed by atoms with Gasteiger partial charge in [0.25, 0.3) is 0 Å². The fraction of sp³-hybridized carbons (Fsp3) is 1.00. The number of ether oxygens (including phenoxy) is 1. The van der Waals surface area contributed by atoms with E-state index in [1.807, 2.05) is 27.7 Å². The Morgan fingerprint density at radius 1 is 0.800 bits per heavy atom. The van der Waals surface area contributed by atoms with Gasteiger partial charge in [-0.2, -0.15) is 0 Å². The summed E-state index contributed by atoms with van der Waals surface area (Å²) in [7, 11) is 0. The summed E-state index contributed by atoms with van der Waals surface area (Å²) >= 11 is 0. The van der Waals surface area contributed by atoms with Crippen molar-refractivity contribution < 1.29 is 4.74 Å². The van der Waals surface area contributed by atoms with Crippen molar-refractivity contribution in [3.63, 3.8) is 0 Å². The lowest BCUT2D eigenvalue weighted by atomic mass is 10.1. The Balaban J connectivity index is 0. The molecule has 0 amide bonds. The molecule has 0 atom stereocenters. The van der Waals surface area contributed by atoms with Crippen molar-refractivity contribution in [2.75, 3.05) is 0 Å². The number of hydrogen-bond donors (Lipinski definition) is 0. The van der Waals surface area contributed by atoms with Gasteiger partial charge in [0, 0.05) is 0 Å². The molecule has 0 aliphatic heterocycles. The topological polar surface area (TPSA) is 9.23 Å². The first-order chi connectivity index (χ1) is 6.90. The third kappa shape index (κ3) is 24.9. The summed E-state index contributed by atoms with van der Waals surface area (Å²) in [4.78, 5) is 0. The van der Waals surface area contributed by atoms with E-state index in [1.54, 1.807) is 0 Å². The molecule has 0 radical (unpaired) electrons. The highest BCUT2D eigenvalue weighted by atomic mass is 16.5. The van der Waals surface area contributed by atoms with E-state index in [4.69, 9.17) is 4.74 Å². The minimum Gasteiger partial charge on any atom is -0.376 e. The van der Waals surface area contributed by atoms with Crippen molar-refractivity contribution >= 4 is 0 Å². The molecule has 0 N–H and O–H groups in total. The van der Waals surface area contributed by atoms with Crippen LogP contribution in [0.3, 0.4) is 0 Å². The molecule has 0 aromatic carbocycles. The van der Waals surface area contributed by atoms with E-state index in [1.165, 1.54) is 25.7 Å². The summed E-state index contributed by atoms with van der Waals surface area (Å²) in [6, 6.07) is 0. The van der Waals surface area contributed by atoms with Gasteiger partial charge in [-0.3, -0.25) is 0 Å². The van der Waals surface area contributed by atoms with Crippen LogP contribution in [0.2, 0.25) is 0 Å². The molecule has 0 spiro atoms.